The number of hydrogen-bond donors (Lipinski definition) is 2. The minimum atomic E-state index is -1.03. The van der Waals surface area contributed by atoms with Crippen molar-refractivity contribution in [1.29, 1.82) is 0 Å². The van der Waals surface area contributed by atoms with Crippen LogP contribution in [0.25, 0.3) is 0 Å². The van der Waals surface area contributed by atoms with Crippen LogP contribution in [0.5, 0.6) is 0 Å². The molecule has 0 aliphatic carbocycles. The van der Waals surface area contributed by atoms with Gasteiger partial charge < -0.3 is 10.4 Å². The van der Waals surface area contributed by atoms with Crippen molar-refractivity contribution in [3.05, 3.63) is 35.4 Å². The summed E-state index contributed by atoms with van der Waals surface area (Å²) in [7, 11) is 0. The van der Waals surface area contributed by atoms with Crippen molar-refractivity contribution in [2.45, 2.75) is 18.6 Å². The van der Waals surface area contributed by atoms with E-state index in [2.05, 4.69) is 12.2 Å². The average Bonchev–Trinajstić information content (AvgIpc) is 2.38. The molecule has 98 valence electrons. The molecule has 1 aromatic carbocycles. The summed E-state index contributed by atoms with van der Waals surface area (Å²) in [4.78, 5) is 22.6. The Labute approximate surface area is 111 Å². The van der Waals surface area contributed by atoms with Gasteiger partial charge in [-0.2, -0.15) is 11.8 Å². The second-order valence-electron chi connectivity index (χ2n) is 3.98. The molecule has 18 heavy (non-hydrogen) atoms. The fourth-order valence-corrected chi connectivity index (χ4v) is 1.76. The number of aromatic carboxylic acids is 1. The molecule has 4 nitrogen and oxygen atoms in total. The smallest absolute Gasteiger partial charge is 0.335 e. The number of carboxylic acids is 1. The number of thioether (sulfide) groups is 1. The molecule has 0 spiro atoms. The van der Waals surface area contributed by atoms with Crippen LogP contribution in [0, 0.1) is 0 Å². The van der Waals surface area contributed by atoms with Gasteiger partial charge >= 0.3 is 5.97 Å². The molecule has 0 fully saturated rings. The molecule has 1 amide bonds. The molecule has 0 aliphatic rings. The van der Waals surface area contributed by atoms with Crippen molar-refractivity contribution in [2.24, 2.45) is 0 Å². The number of amides is 1. The first-order valence-corrected chi connectivity index (χ1v) is 6.97. The summed E-state index contributed by atoms with van der Waals surface area (Å²) in [6, 6.07) is 6.03. The molecule has 0 aliphatic heterocycles. The fraction of sp³-hybridized carbons (Fsp3) is 0.385. The highest BCUT2D eigenvalue weighted by Crippen LogP contribution is 2.09. The first kappa shape index (κ1) is 14.6. The lowest BCUT2D eigenvalue weighted by atomic mass is 10.1. The zero-order valence-electron chi connectivity index (χ0n) is 10.5. The van der Waals surface area contributed by atoms with Gasteiger partial charge in [-0.15, -0.1) is 0 Å². The summed E-state index contributed by atoms with van der Waals surface area (Å²) in [6.07, 6.45) is 2.92. The van der Waals surface area contributed by atoms with Crippen molar-refractivity contribution in [3.8, 4) is 0 Å². The van der Waals surface area contributed by atoms with E-state index < -0.39 is 5.97 Å². The molecule has 0 bridgehead atoms. The maximum absolute atomic E-state index is 11.8. The fourth-order valence-electron chi connectivity index (χ4n) is 1.40. The van der Waals surface area contributed by atoms with Gasteiger partial charge in [0.15, 0.2) is 0 Å². The SMILES string of the molecule is CSC(C)CCNC(=O)c1cccc(C(=O)O)c1. The molecular weight excluding hydrogens is 250 g/mol. The van der Waals surface area contributed by atoms with Gasteiger partial charge in [0.05, 0.1) is 5.56 Å². The molecule has 0 saturated heterocycles. The van der Waals surface area contributed by atoms with E-state index >= 15 is 0 Å². The molecule has 0 saturated carbocycles. The van der Waals surface area contributed by atoms with Crippen LogP contribution in [0.4, 0.5) is 0 Å². The van der Waals surface area contributed by atoms with Gasteiger partial charge in [0.25, 0.3) is 5.91 Å². The first-order valence-electron chi connectivity index (χ1n) is 5.69. The number of nitrogens with one attached hydrogen (secondary N) is 1. The molecular formula is C13H17NO3S. The number of rotatable bonds is 6. The van der Waals surface area contributed by atoms with Gasteiger partial charge in [0.2, 0.25) is 0 Å². The maximum Gasteiger partial charge on any atom is 0.335 e. The van der Waals surface area contributed by atoms with Gasteiger partial charge in [-0.25, -0.2) is 4.79 Å². The highest BCUT2D eigenvalue weighted by Gasteiger charge is 2.09. The molecule has 2 N–H and O–H groups in total. The molecule has 1 aromatic rings. The van der Waals surface area contributed by atoms with Crippen molar-refractivity contribution >= 4 is 23.6 Å². The van der Waals surface area contributed by atoms with E-state index in [1.165, 1.54) is 12.1 Å². The Balaban J connectivity index is 2.56. The van der Waals surface area contributed by atoms with E-state index in [4.69, 9.17) is 5.11 Å². The lowest BCUT2D eigenvalue weighted by Gasteiger charge is -2.09. The van der Waals surface area contributed by atoms with Crippen LogP contribution in [0.15, 0.2) is 24.3 Å². The number of carboxylic acid groups (broad SMARTS) is 1. The van der Waals surface area contributed by atoms with Crippen LogP contribution in [0.3, 0.4) is 0 Å². The molecule has 0 heterocycles. The Kier molecular flexibility index (Phi) is 5.71. The van der Waals surface area contributed by atoms with Crippen LogP contribution < -0.4 is 5.32 Å². The third-order valence-corrected chi connectivity index (χ3v) is 3.65. The molecule has 0 radical (unpaired) electrons. The van der Waals surface area contributed by atoms with Gasteiger partial charge in [0, 0.05) is 17.4 Å². The van der Waals surface area contributed by atoms with Gasteiger partial charge in [-0.05, 0) is 30.9 Å². The van der Waals surface area contributed by atoms with E-state index in [0.29, 0.717) is 17.4 Å². The first-order chi connectivity index (χ1) is 8.54. The standard InChI is InChI=1S/C13H17NO3S/c1-9(18-2)6-7-14-12(15)10-4-3-5-11(8-10)13(16)17/h3-5,8-9H,6-7H2,1-2H3,(H,14,15)(H,16,17). The third-order valence-electron chi connectivity index (χ3n) is 2.61. The maximum atomic E-state index is 11.8. The van der Waals surface area contributed by atoms with Gasteiger partial charge in [-0.1, -0.05) is 13.0 Å². The lowest BCUT2D eigenvalue weighted by molar-refractivity contribution is 0.0697. The minimum absolute atomic E-state index is 0.125. The summed E-state index contributed by atoms with van der Waals surface area (Å²) < 4.78 is 0. The number of carbonyl (C=O) groups is 2. The topological polar surface area (TPSA) is 66.4 Å². The van der Waals surface area contributed by atoms with Crippen molar-refractivity contribution in [3.63, 3.8) is 0 Å². The lowest BCUT2D eigenvalue weighted by Crippen LogP contribution is -2.26. The van der Waals surface area contributed by atoms with E-state index in [-0.39, 0.29) is 11.5 Å². The summed E-state index contributed by atoms with van der Waals surface area (Å²) >= 11 is 1.75. The Bertz CT molecular complexity index is 434. The van der Waals surface area contributed by atoms with E-state index in [1.54, 1.807) is 23.9 Å². The van der Waals surface area contributed by atoms with Gasteiger partial charge in [-0.3, -0.25) is 4.79 Å². The van der Waals surface area contributed by atoms with Crippen molar-refractivity contribution in [2.75, 3.05) is 12.8 Å². The molecule has 5 heteroatoms. The van der Waals surface area contributed by atoms with Crippen LogP contribution in [0.1, 0.15) is 34.1 Å². The zero-order valence-corrected chi connectivity index (χ0v) is 11.3. The molecule has 1 unspecified atom stereocenters. The molecule has 0 aromatic heterocycles. The third kappa shape index (κ3) is 4.41. The average molecular weight is 267 g/mol. The predicted octanol–water partition coefficient (Wildman–Crippen LogP) is 2.26. The largest absolute Gasteiger partial charge is 0.478 e. The monoisotopic (exact) mass is 267 g/mol. The molecule has 1 rings (SSSR count). The Morgan fingerprint density at radius 1 is 1.39 bits per heavy atom. The number of benzene rings is 1. The van der Waals surface area contributed by atoms with E-state index in [9.17, 15) is 9.59 Å². The zero-order chi connectivity index (χ0) is 13.5. The number of carbonyl (C=O) groups excluding carboxylic acids is 1. The Hall–Kier alpha value is -1.49. The highest BCUT2D eigenvalue weighted by atomic mass is 32.2. The van der Waals surface area contributed by atoms with E-state index in [0.717, 1.165) is 6.42 Å². The normalized spacial score (nSPS) is 11.9. The summed E-state index contributed by atoms with van der Waals surface area (Å²) in [6.45, 7) is 2.69. The number of hydrogen-bond acceptors (Lipinski definition) is 3. The summed E-state index contributed by atoms with van der Waals surface area (Å²) in [5.41, 5.74) is 0.506. The quantitative estimate of drug-likeness (QED) is 0.829. The second-order valence-corrected chi connectivity index (χ2v) is 5.25. The van der Waals surface area contributed by atoms with E-state index in [1.807, 2.05) is 6.26 Å². The van der Waals surface area contributed by atoms with Crippen LogP contribution in [0.2, 0.25) is 0 Å². The summed E-state index contributed by atoms with van der Waals surface area (Å²) in [5.74, 6) is -1.26. The molecule has 1 atom stereocenters. The van der Waals surface area contributed by atoms with Crippen LogP contribution in [-0.4, -0.2) is 35.0 Å². The summed E-state index contributed by atoms with van der Waals surface area (Å²) in [5, 5.41) is 12.1. The minimum Gasteiger partial charge on any atom is -0.478 e. The van der Waals surface area contributed by atoms with Crippen LogP contribution >= 0.6 is 11.8 Å². The van der Waals surface area contributed by atoms with Crippen LogP contribution in [-0.2, 0) is 0 Å². The Morgan fingerprint density at radius 2 is 2.06 bits per heavy atom. The van der Waals surface area contributed by atoms with Crippen molar-refractivity contribution < 1.29 is 14.7 Å². The predicted molar refractivity (Wildman–Crippen MR) is 73.3 cm³/mol. The highest BCUT2D eigenvalue weighted by molar-refractivity contribution is 7.99. The second kappa shape index (κ2) is 7.06. The van der Waals surface area contributed by atoms with Crippen molar-refractivity contribution in [1.82, 2.24) is 5.32 Å². The van der Waals surface area contributed by atoms with Gasteiger partial charge in [0.1, 0.15) is 0 Å². The Morgan fingerprint density at radius 3 is 2.67 bits per heavy atom.